The van der Waals surface area contributed by atoms with E-state index in [9.17, 15) is 18.3 Å². The van der Waals surface area contributed by atoms with E-state index in [1.165, 1.54) is 17.2 Å². The maximum Gasteiger partial charge on any atom is 0.409 e. The van der Waals surface area contributed by atoms with Gasteiger partial charge in [0.25, 0.3) is 0 Å². The lowest BCUT2D eigenvalue weighted by molar-refractivity contribution is 0.0481. The maximum atomic E-state index is 13.7. The Hall–Kier alpha value is -4.40. The number of fused-ring (bicyclic) bond motifs is 4. The van der Waals surface area contributed by atoms with Gasteiger partial charge in [0.1, 0.15) is 12.2 Å². The number of carbonyl (C=O) groups is 1. The Kier molecular flexibility index (Phi) is 9.29. The maximum absolute atomic E-state index is 13.7. The van der Waals surface area contributed by atoms with Crippen molar-refractivity contribution >= 4 is 26.9 Å². The van der Waals surface area contributed by atoms with Crippen LogP contribution in [0.3, 0.4) is 0 Å². The van der Waals surface area contributed by atoms with Gasteiger partial charge in [-0.2, -0.15) is 0 Å². The molecule has 4 aromatic carbocycles. The fraction of sp³-hybridized carbons (Fsp3) is 0.289. The summed E-state index contributed by atoms with van der Waals surface area (Å²) in [5, 5.41) is 12.4. The van der Waals surface area contributed by atoms with Crippen molar-refractivity contribution in [3.8, 4) is 11.1 Å². The van der Waals surface area contributed by atoms with E-state index in [2.05, 4.69) is 24.3 Å². The van der Waals surface area contributed by atoms with E-state index in [-0.39, 0.29) is 35.6 Å². The Morgan fingerprint density at radius 3 is 2.20 bits per heavy atom. The summed E-state index contributed by atoms with van der Waals surface area (Å²) < 4.78 is 38.7. The second kappa shape index (κ2) is 13.5. The number of nitrogens with zero attached hydrogens (tertiary/aromatic N) is 1. The fourth-order valence-corrected chi connectivity index (χ4v) is 8.14. The van der Waals surface area contributed by atoms with Gasteiger partial charge in [-0.15, -0.1) is 0 Å². The summed E-state index contributed by atoms with van der Waals surface area (Å²) in [6, 6.07) is 32.4. The van der Waals surface area contributed by atoms with Gasteiger partial charge < -0.3 is 19.2 Å². The number of furan rings is 1. The van der Waals surface area contributed by atoms with Gasteiger partial charge in [-0.25, -0.2) is 13.2 Å². The number of ether oxygens (including phenoxy) is 1. The zero-order valence-electron chi connectivity index (χ0n) is 26.1. The van der Waals surface area contributed by atoms with Gasteiger partial charge in [0.2, 0.25) is 0 Å². The molecule has 6 rings (SSSR count). The molecule has 1 amide bonds. The molecule has 0 aliphatic heterocycles. The van der Waals surface area contributed by atoms with Crippen molar-refractivity contribution in [2.75, 3.05) is 25.4 Å². The topological polar surface area (TPSA) is 97.0 Å². The molecule has 0 radical (unpaired) electrons. The van der Waals surface area contributed by atoms with Crippen LogP contribution in [-0.2, 0) is 21.0 Å². The first-order valence-electron chi connectivity index (χ1n) is 15.7. The van der Waals surface area contributed by atoms with E-state index in [1.54, 1.807) is 18.2 Å². The normalized spacial score (nSPS) is 14.2. The fourth-order valence-electron chi connectivity index (χ4n) is 6.46. The number of hydrogen-bond acceptors (Lipinski definition) is 6. The molecule has 1 aliphatic rings. The summed E-state index contributed by atoms with van der Waals surface area (Å²) in [5.74, 6) is -0.952. The first kappa shape index (κ1) is 31.6. The monoisotopic (exact) mass is 637 g/mol. The molecule has 5 aromatic rings. The van der Waals surface area contributed by atoms with Crippen molar-refractivity contribution < 1.29 is 27.5 Å². The van der Waals surface area contributed by atoms with E-state index >= 15 is 0 Å². The van der Waals surface area contributed by atoms with Crippen LogP contribution >= 0.6 is 0 Å². The van der Waals surface area contributed by atoms with Gasteiger partial charge in [-0.05, 0) is 64.4 Å². The van der Waals surface area contributed by atoms with Gasteiger partial charge in [0.15, 0.2) is 9.84 Å². The van der Waals surface area contributed by atoms with Crippen molar-refractivity contribution in [1.82, 2.24) is 4.90 Å². The molecule has 0 fully saturated rings. The number of aliphatic hydroxyl groups excluding tert-OH is 1. The smallest absolute Gasteiger partial charge is 0.409 e. The quantitative estimate of drug-likeness (QED) is 0.154. The lowest BCUT2D eigenvalue weighted by Gasteiger charge is -2.30. The Morgan fingerprint density at radius 2 is 1.52 bits per heavy atom. The van der Waals surface area contributed by atoms with Crippen molar-refractivity contribution in [1.29, 1.82) is 0 Å². The molecular weight excluding hydrogens is 598 g/mol. The van der Waals surface area contributed by atoms with Gasteiger partial charge in [0.05, 0.1) is 29.6 Å². The molecule has 1 aromatic heterocycles. The van der Waals surface area contributed by atoms with E-state index in [0.717, 1.165) is 27.8 Å². The molecular formula is C38H39NO6S. The predicted octanol–water partition coefficient (Wildman–Crippen LogP) is 7.33. The molecule has 0 unspecified atom stereocenters. The highest BCUT2D eigenvalue weighted by atomic mass is 32.2. The van der Waals surface area contributed by atoms with Crippen LogP contribution in [0.2, 0.25) is 0 Å². The summed E-state index contributed by atoms with van der Waals surface area (Å²) in [7, 11) is -3.79. The van der Waals surface area contributed by atoms with E-state index < -0.39 is 28.0 Å². The van der Waals surface area contributed by atoms with Crippen LogP contribution in [0, 0.1) is 11.8 Å². The lowest BCUT2D eigenvalue weighted by atomic mass is 9.95. The average Bonchev–Trinajstić information content (AvgIpc) is 3.65. The zero-order chi connectivity index (χ0) is 32.3. The Morgan fingerprint density at radius 1 is 0.870 bits per heavy atom. The molecule has 2 atom stereocenters. The molecule has 1 N–H and O–H groups in total. The van der Waals surface area contributed by atoms with Gasteiger partial charge in [-0.1, -0.05) is 92.7 Å². The van der Waals surface area contributed by atoms with Gasteiger partial charge in [-0.3, -0.25) is 0 Å². The minimum absolute atomic E-state index is 0.0529. The summed E-state index contributed by atoms with van der Waals surface area (Å²) in [6.45, 7) is 4.45. The lowest BCUT2D eigenvalue weighted by Crippen LogP contribution is -2.44. The number of benzene rings is 4. The molecule has 0 saturated carbocycles. The number of hydrogen-bond donors (Lipinski definition) is 1. The molecule has 8 heteroatoms. The average molecular weight is 638 g/mol. The van der Waals surface area contributed by atoms with E-state index in [4.69, 9.17) is 9.15 Å². The highest BCUT2D eigenvalue weighted by Gasteiger charge is 2.33. The number of sulfone groups is 1. The third-order valence-corrected chi connectivity index (χ3v) is 10.5. The van der Waals surface area contributed by atoms with Crippen molar-refractivity contribution in [2.24, 2.45) is 11.8 Å². The minimum atomic E-state index is -3.79. The SMILES string of the molecule is CC(C)CN(C[C@@H](O)[C@H](Cc1ccccc1)CS(=O)(=O)c1ccc2occc2c1)C(=O)OCC1c2ccccc2-c2ccccc21. The van der Waals surface area contributed by atoms with Crippen LogP contribution in [-0.4, -0.2) is 56.1 Å². The largest absolute Gasteiger partial charge is 0.464 e. The van der Waals surface area contributed by atoms with E-state index in [1.807, 2.05) is 68.4 Å². The van der Waals surface area contributed by atoms with Gasteiger partial charge >= 0.3 is 6.09 Å². The number of carbonyl (C=O) groups excluding carboxylic acids is 1. The molecule has 0 bridgehead atoms. The van der Waals surface area contributed by atoms with Crippen molar-refractivity contribution in [2.45, 2.75) is 37.2 Å². The second-order valence-electron chi connectivity index (χ2n) is 12.5. The van der Waals surface area contributed by atoms with Crippen LogP contribution in [0.1, 0.15) is 36.5 Å². The molecule has 0 spiro atoms. The Bertz CT molecular complexity index is 1870. The van der Waals surface area contributed by atoms with Crippen LogP contribution in [0.25, 0.3) is 22.1 Å². The molecule has 7 nitrogen and oxygen atoms in total. The first-order chi connectivity index (χ1) is 22.2. The first-order valence-corrected chi connectivity index (χ1v) is 17.4. The number of amides is 1. The minimum Gasteiger partial charge on any atom is -0.464 e. The second-order valence-corrected chi connectivity index (χ2v) is 14.6. The highest BCUT2D eigenvalue weighted by Crippen LogP contribution is 2.44. The summed E-state index contributed by atoms with van der Waals surface area (Å²) in [6.07, 6.45) is 0.207. The molecule has 1 aliphatic carbocycles. The molecule has 0 saturated heterocycles. The number of rotatable bonds is 12. The molecule has 46 heavy (non-hydrogen) atoms. The van der Waals surface area contributed by atoms with Crippen LogP contribution < -0.4 is 0 Å². The molecule has 238 valence electrons. The van der Waals surface area contributed by atoms with Crippen LogP contribution in [0.15, 0.2) is 119 Å². The Labute approximate surface area is 270 Å². The number of aliphatic hydroxyl groups is 1. The van der Waals surface area contributed by atoms with Gasteiger partial charge in [0, 0.05) is 23.8 Å². The van der Waals surface area contributed by atoms with Crippen LogP contribution in [0.4, 0.5) is 4.79 Å². The van der Waals surface area contributed by atoms with Crippen molar-refractivity contribution in [3.05, 3.63) is 126 Å². The highest BCUT2D eigenvalue weighted by molar-refractivity contribution is 7.91. The predicted molar refractivity (Wildman–Crippen MR) is 179 cm³/mol. The van der Waals surface area contributed by atoms with E-state index in [0.29, 0.717) is 23.9 Å². The standard InChI is InChI=1S/C38H39NO6S/c1-26(2)22-39(38(41)45-24-35-33-14-8-6-12-31(33)32-13-7-9-15-34(32)35)23-36(40)29(20-27-10-4-3-5-11-27)25-46(42,43)30-16-17-37-28(21-30)18-19-44-37/h3-19,21,26,29,35-36,40H,20,22-25H2,1-2H3/t29-,36-/m1/s1. The zero-order valence-corrected chi connectivity index (χ0v) is 26.9. The van der Waals surface area contributed by atoms with Crippen LogP contribution in [0.5, 0.6) is 0 Å². The Balaban J connectivity index is 1.21. The summed E-state index contributed by atoms with van der Waals surface area (Å²) >= 11 is 0. The third kappa shape index (κ3) is 6.88. The summed E-state index contributed by atoms with van der Waals surface area (Å²) in [5.41, 5.74) is 6.04. The van der Waals surface area contributed by atoms with Crippen molar-refractivity contribution in [3.63, 3.8) is 0 Å². The molecule has 1 heterocycles. The third-order valence-electron chi connectivity index (χ3n) is 8.69. The summed E-state index contributed by atoms with van der Waals surface area (Å²) in [4.78, 5) is 15.3.